The van der Waals surface area contributed by atoms with Crippen molar-refractivity contribution in [1.82, 2.24) is 24.8 Å². The molecule has 6 heterocycles. The largest absolute Gasteiger partial charge is 0.491 e. The van der Waals surface area contributed by atoms with Crippen molar-refractivity contribution < 1.29 is 31.6 Å². The number of rotatable bonds is 14. The van der Waals surface area contributed by atoms with Gasteiger partial charge in [0.2, 0.25) is 0 Å². The number of H-pyrrole nitrogens is 1. The number of nitrogens with one attached hydrogen (secondary N) is 3. The molecule has 4 aliphatic rings. The average molecular weight is 859 g/mol. The molecule has 3 unspecified atom stereocenters. The molecule has 1 aliphatic carbocycles. The summed E-state index contributed by atoms with van der Waals surface area (Å²) >= 11 is 0. The average Bonchev–Trinajstić information content (AvgIpc) is 3.78. The number of morpholine rings is 1. The van der Waals surface area contributed by atoms with Gasteiger partial charge in [-0.2, -0.15) is 0 Å². The van der Waals surface area contributed by atoms with Gasteiger partial charge in [0, 0.05) is 77.8 Å². The summed E-state index contributed by atoms with van der Waals surface area (Å²) in [6.07, 6.45) is 5.33. The maximum Gasteiger partial charge on any atom is 0.162 e. The third-order valence-corrected chi connectivity index (χ3v) is 15.4. The zero-order chi connectivity index (χ0) is 42.7. The number of nitrogens with zero attached hydrogens (tertiary/aromatic N) is 5. The highest BCUT2D eigenvalue weighted by atomic mass is 32.2. The van der Waals surface area contributed by atoms with Gasteiger partial charge in [0.25, 0.3) is 0 Å². The van der Waals surface area contributed by atoms with Gasteiger partial charge in [0.1, 0.15) is 41.1 Å². The number of likely N-dealkylation sites (tertiary alicyclic amines) is 1. The first kappa shape index (κ1) is 41.6. The van der Waals surface area contributed by atoms with Gasteiger partial charge in [-0.05, 0) is 70.7 Å². The number of fused-ring (bicyclic) bond motifs is 4. The minimum atomic E-state index is -3.25. The van der Waals surface area contributed by atoms with Crippen LogP contribution in [0.1, 0.15) is 75.7 Å². The van der Waals surface area contributed by atoms with Crippen LogP contribution in [0, 0.1) is 16.4 Å². The van der Waals surface area contributed by atoms with Crippen molar-refractivity contribution in [3.8, 4) is 17.1 Å². The van der Waals surface area contributed by atoms with E-state index in [1.165, 1.54) is 26.0 Å². The van der Waals surface area contributed by atoms with Crippen molar-refractivity contribution >= 4 is 32.3 Å². The first-order chi connectivity index (χ1) is 29.2. The fourth-order valence-electron chi connectivity index (χ4n) is 9.66. The number of anilines is 2. The number of benzene rings is 2. The molecule has 3 N–H and O–H groups in total. The summed E-state index contributed by atoms with van der Waals surface area (Å²) in [5.74, 6) is -0.376. The van der Waals surface area contributed by atoms with E-state index in [9.17, 15) is 8.99 Å². The van der Waals surface area contributed by atoms with Crippen molar-refractivity contribution in [2.45, 2.75) is 87.5 Å². The molecule has 324 valence electrons. The van der Waals surface area contributed by atoms with E-state index in [1.807, 2.05) is 60.5 Å². The number of pyridine rings is 1. The Bertz CT molecular complexity index is 2510. The monoisotopic (exact) mass is 858 g/mol. The van der Waals surface area contributed by atoms with Crippen molar-refractivity contribution in [2.24, 2.45) is 0 Å². The van der Waals surface area contributed by atoms with E-state index in [-0.39, 0.29) is 67.5 Å². The second-order valence-corrected chi connectivity index (χ2v) is 20.1. The van der Waals surface area contributed by atoms with E-state index >= 15 is 13.2 Å². The molecule has 3 fully saturated rings. The molecule has 2 saturated heterocycles. The Balaban J connectivity index is 0.869. The van der Waals surface area contributed by atoms with Crippen LogP contribution in [0.4, 0.5) is 24.7 Å². The smallest absolute Gasteiger partial charge is 0.162 e. The normalized spacial score (nSPS) is 24.5. The van der Waals surface area contributed by atoms with Gasteiger partial charge in [-0.3, -0.25) is 9.68 Å². The van der Waals surface area contributed by atoms with Gasteiger partial charge in [0.15, 0.2) is 5.82 Å². The van der Waals surface area contributed by atoms with Crippen molar-refractivity contribution in [3.05, 3.63) is 95.4 Å². The highest BCUT2D eigenvalue weighted by molar-refractivity contribution is 7.93. The topological polar surface area (TPSA) is 142 Å². The van der Waals surface area contributed by atoms with Gasteiger partial charge in [-0.15, -0.1) is 0 Å². The predicted molar refractivity (Wildman–Crippen MR) is 229 cm³/mol. The van der Waals surface area contributed by atoms with Gasteiger partial charge in [-0.1, -0.05) is 18.2 Å². The summed E-state index contributed by atoms with van der Waals surface area (Å²) in [7, 11) is -3.25. The summed E-state index contributed by atoms with van der Waals surface area (Å²) in [5.41, 5.74) is 2.40. The number of ether oxygens (including phenoxy) is 3. The summed E-state index contributed by atoms with van der Waals surface area (Å²) in [6.45, 7) is 8.84. The Morgan fingerprint density at radius 1 is 1.03 bits per heavy atom. The molecule has 3 aromatic heterocycles. The van der Waals surface area contributed by atoms with Crippen molar-refractivity contribution in [3.63, 3.8) is 0 Å². The highest BCUT2D eigenvalue weighted by Gasteiger charge is 2.55. The van der Waals surface area contributed by atoms with Crippen molar-refractivity contribution in [1.29, 1.82) is 4.78 Å². The third-order valence-electron chi connectivity index (χ3n) is 12.8. The molecule has 0 spiro atoms. The lowest BCUT2D eigenvalue weighted by molar-refractivity contribution is 0.0194. The Morgan fingerprint density at radius 3 is 2.57 bits per heavy atom. The summed E-state index contributed by atoms with van der Waals surface area (Å²) in [4.78, 5) is 21.6. The quantitative estimate of drug-likeness (QED) is 0.0939. The minimum Gasteiger partial charge on any atom is -0.491 e. The second kappa shape index (κ2) is 16.2. The Labute approximate surface area is 354 Å². The molecule has 2 aromatic carbocycles. The van der Waals surface area contributed by atoms with Crippen LogP contribution in [0.25, 0.3) is 22.4 Å². The molecule has 9 rings (SSSR count). The molecule has 0 bridgehead atoms. The zero-order valence-corrected chi connectivity index (χ0v) is 35.7. The van der Waals surface area contributed by atoms with Gasteiger partial charge >= 0.3 is 0 Å². The number of aromatic amines is 1. The molecular weight excluding hydrogens is 806 g/mol. The highest BCUT2D eigenvalue weighted by Crippen LogP contribution is 2.54. The third kappa shape index (κ3) is 7.96. The number of para-hydroxylation sites is 1. The van der Waals surface area contributed by atoms with E-state index < -0.39 is 37.8 Å². The molecule has 1 saturated carbocycles. The fourth-order valence-corrected chi connectivity index (χ4v) is 11.6. The van der Waals surface area contributed by atoms with Gasteiger partial charge in [-0.25, -0.2) is 32.3 Å². The first-order valence-corrected chi connectivity index (χ1v) is 22.9. The molecule has 0 amide bonds. The lowest BCUT2D eigenvalue weighted by atomic mass is 9.77. The first-order valence-electron chi connectivity index (χ1n) is 21.1. The van der Waals surface area contributed by atoms with Crippen LogP contribution in [-0.2, 0) is 23.9 Å². The summed E-state index contributed by atoms with van der Waals surface area (Å²) < 4.78 is 87.4. The van der Waals surface area contributed by atoms with Crippen LogP contribution in [0.3, 0.4) is 0 Å². The molecule has 61 heavy (non-hydrogen) atoms. The zero-order valence-electron chi connectivity index (χ0n) is 34.9. The molecule has 0 radical (unpaired) electrons. The molecule has 3 aliphatic heterocycles. The van der Waals surface area contributed by atoms with Crippen LogP contribution in [0.5, 0.6) is 5.75 Å². The molecular formula is C45H53F3N8O4S. The summed E-state index contributed by atoms with van der Waals surface area (Å²) in [5, 5.41) is 4.38. The Kier molecular flexibility index (Phi) is 11.0. The standard InChI is InChI=1S/C45H53F3N8O4S/c1-27-21-33-30-7-5-6-8-36(30)52-40(33)41(56(27)26-44(3,4)48)39-34(46)22-29(23-35(39)47)60-18-17-58-19-20-61(49,57)45(11-12-45)37-24-38(55-15-16-59-25-28(55)2)54-43(53-37)32-10-14-51-42-31(32)9-13-50-42/h5-10,13-14,22-24,27-28,33,40-41,49,52H,11-12,15-21,25-26H2,1-4H3,(H,50,51)/t27-,28-,33?,40?,41-,61?/m1/s1. The SMILES string of the molecule is C[C@@H]1COCCN1c1cc(C2(S(=N)(=O)CCOCCOc3cc(F)c([C@@H]4C5Nc6ccccc6C5C[C@@H](C)N4CC(C)(C)F)c(F)c3)CC2)nc(-c2ccnc3[nH]ccc23)n1. The molecule has 6 atom stereocenters. The number of hydrogen-bond acceptors (Lipinski definition) is 11. The number of alkyl halides is 1. The number of aromatic nitrogens is 4. The number of halogens is 3. The van der Waals surface area contributed by atoms with E-state index in [0.717, 1.165) is 28.6 Å². The van der Waals surface area contributed by atoms with E-state index in [4.69, 9.17) is 24.2 Å². The minimum absolute atomic E-state index is 0.0000800. The van der Waals surface area contributed by atoms with Crippen LogP contribution in [0.15, 0.2) is 67.0 Å². The fraction of sp³-hybridized carbons (Fsp3) is 0.489. The lowest BCUT2D eigenvalue weighted by Crippen LogP contribution is -2.54. The molecule has 16 heteroatoms. The number of piperidine rings is 1. The van der Waals surface area contributed by atoms with Crippen LogP contribution < -0.4 is 15.0 Å². The van der Waals surface area contributed by atoms with Gasteiger partial charge < -0.3 is 29.4 Å². The lowest BCUT2D eigenvalue weighted by Gasteiger charge is -2.48. The Hall–Kier alpha value is -4.77. The number of hydrogen-bond donors (Lipinski definition) is 3. The van der Waals surface area contributed by atoms with Crippen LogP contribution in [-0.4, -0.2) is 105 Å². The van der Waals surface area contributed by atoms with E-state index in [0.29, 0.717) is 55.6 Å². The van der Waals surface area contributed by atoms with Crippen LogP contribution >= 0.6 is 0 Å². The molecule has 12 nitrogen and oxygen atoms in total. The molecule has 5 aromatic rings. The maximum atomic E-state index is 16.2. The summed E-state index contributed by atoms with van der Waals surface area (Å²) in [6, 6.07) is 14.8. The van der Waals surface area contributed by atoms with E-state index in [2.05, 4.69) is 27.1 Å². The maximum absolute atomic E-state index is 16.2. The van der Waals surface area contributed by atoms with E-state index in [1.54, 1.807) is 6.20 Å². The van der Waals surface area contributed by atoms with Crippen LogP contribution in [0.2, 0.25) is 0 Å². The Morgan fingerprint density at radius 2 is 1.82 bits per heavy atom. The second-order valence-electron chi connectivity index (χ2n) is 17.6. The predicted octanol–water partition coefficient (Wildman–Crippen LogP) is 8.12. The van der Waals surface area contributed by atoms with Gasteiger partial charge in [0.05, 0.1) is 70.5 Å². The van der Waals surface area contributed by atoms with Crippen molar-refractivity contribution in [2.75, 3.05) is 62.1 Å².